The molecule has 0 aliphatic rings. The second-order valence-electron chi connectivity index (χ2n) is 0.484. The molecule has 0 radical (unpaired) electrons. The van der Waals surface area contributed by atoms with Gasteiger partial charge in [0.05, 0.1) is 2.74 Å². The van der Waals surface area contributed by atoms with Crippen LogP contribution in [0.2, 0.25) is 1.41 Å². The fourth-order valence-corrected chi connectivity index (χ4v) is 0.104. The molecule has 0 fully saturated rings. The van der Waals surface area contributed by atoms with Crippen LogP contribution in [-0.4, -0.2) is 17.6 Å². The molecule has 0 aliphatic carbocycles. The van der Waals surface area contributed by atoms with Crippen molar-refractivity contribution in [1.29, 1.82) is 1.43 Å². The zero-order valence-corrected chi connectivity index (χ0v) is 3.40. The van der Waals surface area contributed by atoms with E-state index in [0.29, 0.717) is 0 Å². The molecule has 0 rings (SSSR count). The number of halogens is 1. The van der Waals surface area contributed by atoms with Crippen molar-refractivity contribution in [2.75, 3.05) is 6.50 Å². The Kier molecular flexibility index (Phi) is 0.819. The van der Waals surface area contributed by atoms with Crippen LogP contribution in [-0.2, 0) is 4.79 Å². The monoisotopic (exact) mass is 113 g/mol. The number of carbonyl (C=O) groups is 1. The lowest BCUT2D eigenvalue weighted by atomic mass is 10.7. The minimum absolute atomic E-state index is 0.246. The van der Waals surface area contributed by atoms with Crippen LogP contribution in [0.25, 0.3) is 1.43 Å². The van der Waals surface area contributed by atoms with Gasteiger partial charge in [0.25, 0.3) is 1.43 Å². The van der Waals surface area contributed by atoms with Gasteiger partial charge in [0.2, 0.25) is 0 Å². The largest absolute Gasteiger partial charge is 0.480 e. The van der Waals surface area contributed by atoms with Crippen LogP contribution in [0.1, 0.15) is 2.74 Å². The Labute approximate surface area is 45.8 Å². The van der Waals surface area contributed by atoms with Crippen molar-refractivity contribution >= 4 is 17.7 Å². The summed E-state index contributed by atoms with van der Waals surface area (Å²) in [5, 5.41) is 3.27. The lowest BCUT2D eigenvalue weighted by molar-refractivity contribution is -0.135. The molecule has 0 spiro atoms. The second kappa shape index (κ2) is 2.93. The van der Waals surface area contributed by atoms with E-state index in [2.05, 4.69) is 5.11 Å². The summed E-state index contributed by atoms with van der Waals surface area (Å²) in [5.41, 5.74) is 0. The predicted octanol–water partition coefficient (Wildman–Crippen LogP) is -0.186. The van der Waals surface area contributed by atoms with Crippen molar-refractivity contribution in [1.82, 2.24) is 4.83 Å². The fourth-order valence-electron chi connectivity index (χ4n) is 0.0345. The quantitative estimate of drug-likeness (QED) is 0.489. The summed E-state index contributed by atoms with van der Waals surface area (Å²) in [6, 6.07) is 0. The van der Waals surface area contributed by atoms with Crippen molar-refractivity contribution < 1.29 is 14.1 Å². The topological polar surface area (TPSA) is 49.3 Å². The van der Waals surface area contributed by atoms with Gasteiger partial charge in [-0.3, -0.25) is 4.79 Å². The summed E-state index contributed by atoms with van der Waals surface area (Å²) in [7, 11) is 0. The van der Waals surface area contributed by atoms with E-state index in [4.69, 9.17) is 17.4 Å². The highest BCUT2D eigenvalue weighted by atomic mass is 35.5. The molecule has 0 heterocycles. The van der Waals surface area contributed by atoms with Crippen LogP contribution >= 0.6 is 11.8 Å². The molecular weight excluding hydrogens is 105 g/mol. The van der Waals surface area contributed by atoms with Crippen molar-refractivity contribution in [3.05, 3.63) is 0 Å². The molecule has 4 heteroatoms. The highest BCUT2D eigenvalue weighted by Gasteiger charge is 1.87. The fraction of sp³-hybridized carbons (Fsp3) is 0.500. The Morgan fingerprint density at radius 1 is 2.67 bits per heavy atom. The first kappa shape index (κ1) is 1.68. The van der Waals surface area contributed by atoms with Gasteiger partial charge in [0.1, 0.15) is 7.91 Å². The molecule has 0 aromatic heterocycles. The summed E-state index contributed by atoms with van der Waals surface area (Å²) in [6.45, 7) is -2.77. The zero-order chi connectivity index (χ0) is 8.36. The van der Waals surface area contributed by atoms with Crippen LogP contribution in [0.4, 0.5) is 0 Å². The normalized spacial score (nSPS) is 20.3. The lowest BCUT2D eigenvalue weighted by Gasteiger charge is -1.81. The van der Waals surface area contributed by atoms with Gasteiger partial charge in [-0.1, -0.05) is 0 Å². The van der Waals surface area contributed by atoms with E-state index in [-0.39, 0.29) is 4.83 Å². The zero-order valence-electron chi connectivity index (χ0n) is 6.64. The van der Waals surface area contributed by atoms with Gasteiger partial charge in [-0.25, -0.2) is 4.83 Å². The third-order valence-electron chi connectivity index (χ3n) is 0.134. The molecule has 0 amide bonds. The Morgan fingerprint density at radius 2 is 3.33 bits per heavy atom. The number of nitrogens with one attached hydrogen (secondary N) is 1. The summed E-state index contributed by atoms with van der Waals surface area (Å²) in [4.78, 5) is 10.00. The van der Waals surface area contributed by atoms with Crippen LogP contribution in [0, 0.1) is 0 Å². The van der Waals surface area contributed by atoms with Crippen molar-refractivity contribution in [2.45, 2.75) is 0 Å². The maximum Gasteiger partial charge on any atom is 0.318 e. The summed E-state index contributed by atoms with van der Waals surface area (Å²) < 4.78 is 25.8. The number of hydrogen-bond acceptors (Lipinski definition) is 3. The maximum absolute atomic E-state index is 10.2. The van der Waals surface area contributed by atoms with Crippen molar-refractivity contribution in [2.24, 2.45) is 0 Å². The minimum Gasteiger partial charge on any atom is -0.480 e. The maximum atomic E-state index is 10.2. The standard InChI is InChI=1S/C2H4ClNO2/c3-4-1-2(5)6/h4H,1H2,(H,5,6)/i1D2/hD2. The van der Waals surface area contributed by atoms with E-state index < -0.39 is 12.5 Å². The van der Waals surface area contributed by atoms with E-state index in [1.54, 1.807) is 0 Å². The molecule has 2 N–H and O–H groups in total. The molecule has 0 atom stereocenters. The van der Waals surface area contributed by atoms with E-state index in [0.717, 1.165) is 0 Å². The van der Waals surface area contributed by atoms with Gasteiger partial charge in [0.15, 0.2) is 0 Å². The second-order valence-corrected chi connectivity index (χ2v) is 0.653. The summed E-state index contributed by atoms with van der Waals surface area (Å²) in [5.74, 6) is -1.53. The molecular formula is C2H4ClNO2. The molecule has 0 bridgehead atoms. The highest BCUT2D eigenvalue weighted by Crippen LogP contribution is 1.59. The Hall–Kier alpha value is -0.280. The molecule has 36 valence electrons. The number of hydrogen-bond donors (Lipinski definition) is 2. The molecule has 0 aromatic carbocycles. The molecule has 0 aliphatic heterocycles. The average molecular weight is 114 g/mol. The molecule has 0 unspecified atom stereocenters. The van der Waals surface area contributed by atoms with Crippen LogP contribution in [0.15, 0.2) is 0 Å². The first-order valence-electron chi connectivity index (χ1n) is 2.91. The predicted molar refractivity (Wildman–Crippen MR) is 21.5 cm³/mol. The van der Waals surface area contributed by atoms with Gasteiger partial charge in [-0.05, 0) is 11.8 Å². The number of rotatable bonds is 2. The Balaban J connectivity index is 4.24. The average Bonchev–Trinajstić information content (AvgIpc) is 1.86. The highest BCUT2D eigenvalue weighted by molar-refractivity contribution is 6.14. The first-order chi connectivity index (χ1) is 4.42. The number of carboxylic acids is 1. The van der Waals surface area contributed by atoms with Gasteiger partial charge >= 0.3 is 5.97 Å². The SMILES string of the molecule is [2H]OC(=O)C([2H])([2H])N([2H])Cl. The molecule has 0 saturated carbocycles. The Bertz CT molecular complexity index is 139. The van der Waals surface area contributed by atoms with Crippen LogP contribution < -0.4 is 4.83 Å². The molecule has 0 saturated heterocycles. The number of aliphatic carboxylic acids is 1. The molecule has 0 aromatic rings. The minimum atomic E-state index is -2.77. The summed E-state index contributed by atoms with van der Waals surface area (Å²) >= 11 is 4.78. The molecule has 6 heavy (non-hydrogen) atoms. The van der Waals surface area contributed by atoms with Crippen molar-refractivity contribution in [3.63, 3.8) is 0 Å². The van der Waals surface area contributed by atoms with E-state index >= 15 is 0 Å². The molecule has 3 nitrogen and oxygen atoms in total. The van der Waals surface area contributed by atoms with Crippen molar-refractivity contribution in [3.8, 4) is 0 Å². The van der Waals surface area contributed by atoms with Gasteiger partial charge in [0, 0.05) is 0 Å². The Morgan fingerprint density at radius 3 is 3.50 bits per heavy atom. The van der Waals surface area contributed by atoms with Gasteiger partial charge in [-0.2, -0.15) is 0 Å². The van der Waals surface area contributed by atoms with Gasteiger partial charge < -0.3 is 5.11 Å². The third-order valence-corrected chi connectivity index (χ3v) is 0.218. The van der Waals surface area contributed by atoms with Crippen LogP contribution in [0.5, 0.6) is 0 Å². The smallest absolute Gasteiger partial charge is 0.318 e. The third kappa shape index (κ3) is 3.72. The van der Waals surface area contributed by atoms with Gasteiger partial charge in [-0.15, -0.1) is 0 Å². The summed E-state index contributed by atoms with van der Waals surface area (Å²) in [6.07, 6.45) is 0. The number of carboxylic acid groups (broad SMARTS) is 1. The first-order valence-corrected chi connectivity index (χ1v) is 1.39. The van der Waals surface area contributed by atoms with E-state index in [1.165, 1.54) is 0 Å². The lowest BCUT2D eigenvalue weighted by Crippen LogP contribution is -2.12. The van der Waals surface area contributed by atoms with Crippen LogP contribution in [0.3, 0.4) is 0 Å². The van der Waals surface area contributed by atoms with E-state index in [1.807, 2.05) is 0 Å². The van der Waals surface area contributed by atoms with E-state index in [9.17, 15) is 4.79 Å².